The van der Waals surface area contributed by atoms with Crippen LogP contribution < -0.4 is 20.7 Å². The molecule has 0 aromatic heterocycles. The van der Waals surface area contributed by atoms with Gasteiger partial charge in [0.05, 0.1) is 18.7 Å². The molecule has 7 nitrogen and oxygen atoms in total. The first-order valence-electron chi connectivity index (χ1n) is 10.4. The summed E-state index contributed by atoms with van der Waals surface area (Å²) in [5.74, 6) is 0.292. The van der Waals surface area contributed by atoms with Gasteiger partial charge >= 0.3 is 12.0 Å². The maximum atomic E-state index is 12.6. The van der Waals surface area contributed by atoms with E-state index in [1.54, 1.807) is 43.5 Å². The molecule has 1 aliphatic heterocycles. The summed E-state index contributed by atoms with van der Waals surface area (Å²) in [5, 5.41) is 8.80. The van der Waals surface area contributed by atoms with Crippen LogP contribution in [0.2, 0.25) is 0 Å². The predicted molar refractivity (Wildman–Crippen MR) is 123 cm³/mol. The van der Waals surface area contributed by atoms with Crippen molar-refractivity contribution in [1.82, 2.24) is 10.6 Å². The second-order valence-electron chi connectivity index (χ2n) is 7.48. The van der Waals surface area contributed by atoms with E-state index >= 15 is 0 Å². The lowest BCUT2D eigenvalue weighted by Gasteiger charge is -2.21. The van der Waals surface area contributed by atoms with E-state index in [0.29, 0.717) is 30.1 Å². The van der Waals surface area contributed by atoms with E-state index in [-0.39, 0.29) is 12.1 Å². The molecule has 0 aliphatic carbocycles. The lowest BCUT2D eigenvalue weighted by atomic mass is 10.0. The van der Waals surface area contributed by atoms with Crippen molar-refractivity contribution >= 4 is 17.7 Å². The predicted octanol–water partition coefficient (Wildman–Crippen LogP) is 3.68. The van der Waals surface area contributed by atoms with Gasteiger partial charge in [0.15, 0.2) is 0 Å². The van der Waals surface area contributed by atoms with Gasteiger partial charge in [0, 0.05) is 18.8 Å². The van der Waals surface area contributed by atoms with Gasteiger partial charge in [-0.05, 0) is 47.5 Å². The Kier molecular flexibility index (Phi) is 6.67. The highest BCUT2D eigenvalue weighted by atomic mass is 16.5. The van der Waals surface area contributed by atoms with Crippen molar-refractivity contribution in [1.29, 1.82) is 0 Å². The van der Waals surface area contributed by atoms with Crippen molar-refractivity contribution in [3.63, 3.8) is 0 Å². The van der Waals surface area contributed by atoms with E-state index in [2.05, 4.69) is 16.0 Å². The smallest absolute Gasteiger partial charge is 0.338 e. The molecule has 0 bridgehead atoms. The monoisotopic (exact) mass is 431 g/mol. The Balaban J connectivity index is 1.33. The van der Waals surface area contributed by atoms with Crippen LogP contribution in [-0.4, -0.2) is 44.3 Å². The Hall–Kier alpha value is -3.84. The Labute approximate surface area is 186 Å². The number of rotatable bonds is 6. The molecule has 0 radical (unpaired) electrons. The molecular formula is C25H25N3O4. The third kappa shape index (κ3) is 5.25. The minimum absolute atomic E-state index is 0.333. The number of anilines is 1. The number of hydrogen-bond donors (Lipinski definition) is 3. The molecule has 3 aromatic rings. The standard InChI is InChI=1S/C25H25N3O4/c1-31-21-13-11-20(12-14-21)27-25(30)28-22-15-26-16-23(22)32-24(29)19-9-7-18(8-10-19)17-5-3-2-4-6-17/h2-14,22-23,26H,15-16H2,1H3,(H2,27,28,30)/t22?,23-/m0/s1. The quantitative estimate of drug-likeness (QED) is 0.518. The molecule has 32 heavy (non-hydrogen) atoms. The fourth-order valence-electron chi connectivity index (χ4n) is 3.57. The van der Waals surface area contributed by atoms with Crippen LogP contribution in [0, 0.1) is 0 Å². The molecule has 0 saturated carbocycles. The number of amides is 2. The lowest BCUT2D eigenvalue weighted by Crippen LogP contribution is -2.46. The zero-order valence-electron chi connectivity index (χ0n) is 17.7. The zero-order valence-corrected chi connectivity index (χ0v) is 17.7. The van der Waals surface area contributed by atoms with Crippen LogP contribution in [0.3, 0.4) is 0 Å². The van der Waals surface area contributed by atoms with Crippen LogP contribution in [0.5, 0.6) is 5.75 Å². The molecule has 3 N–H and O–H groups in total. The Morgan fingerprint density at radius 3 is 2.25 bits per heavy atom. The van der Waals surface area contributed by atoms with Crippen LogP contribution in [0.4, 0.5) is 10.5 Å². The molecule has 0 spiro atoms. The number of hydrogen-bond acceptors (Lipinski definition) is 5. The highest BCUT2D eigenvalue weighted by Gasteiger charge is 2.32. The third-order valence-corrected chi connectivity index (χ3v) is 5.31. The summed E-state index contributed by atoms with van der Waals surface area (Å²) in [6, 6.07) is 23.6. The van der Waals surface area contributed by atoms with Gasteiger partial charge in [0.25, 0.3) is 0 Å². The average Bonchev–Trinajstić information content (AvgIpc) is 3.26. The maximum absolute atomic E-state index is 12.6. The Bertz CT molecular complexity index is 1050. The van der Waals surface area contributed by atoms with E-state index < -0.39 is 12.1 Å². The summed E-state index contributed by atoms with van der Waals surface area (Å²) in [6.07, 6.45) is -0.460. The van der Waals surface area contributed by atoms with Crippen molar-refractivity contribution in [2.45, 2.75) is 12.1 Å². The molecule has 1 fully saturated rings. The van der Waals surface area contributed by atoms with E-state index in [4.69, 9.17) is 9.47 Å². The van der Waals surface area contributed by atoms with Gasteiger partial charge in [0.1, 0.15) is 11.9 Å². The van der Waals surface area contributed by atoms with Crippen molar-refractivity contribution in [2.24, 2.45) is 0 Å². The van der Waals surface area contributed by atoms with Gasteiger partial charge in [-0.2, -0.15) is 0 Å². The maximum Gasteiger partial charge on any atom is 0.338 e. The zero-order chi connectivity index (χ0) is 22.3. The molecule has 164 valence electrons. The molecule has 1 saturated heterocycles. The molecule has 1 aliphatic rings. The molecule has 1 unspecified atom stereocenters. The first-order valence-corrected chi connectivity index (χ1v) is 10.4. The number of nitrogens with one attached hydrogen (secondary N) is 3. The number of carbonyl (C=O) groups is 2. The van der Waals surface area contributed by atoms with Gasteiger partial charge in [0.2, 0.25) is 0 Å². The fourth-order valence-corrected chi connectivity index (χ4v) is 3.57. The van der Waals surface area contributed by atoms with Gasteiger partial charge < -0.3 is 25.4 Å². The topological polar surface area (TPSA) is 88.7 Å². The molecule has 2 amide bonds. The number of methoxy groups -OCH3 is 1. The highest BCUT2D eigenvalue weighted by molar-refractivity contribution is 5.91. The van der Waals surface area contributed by atoms with E-state index in [1.165, 1.54) is 0 Å². The Morgan fingerprint density at radius 2 is 1.56 bits per heavy atom. The van der Waals surface area contributed by atoms with Gasteiger partial charge in [-0.15, -0.1) is 0 Å². The molecule has 1 heterocycles. The highest BCUT2D eigenvalue weighted by Crippen LogP contribution is 2.20. The number of carbonyl (C=O) groups excluding carboxylic acids is 2. The minimum atomic E-state index is -0.460. The summed E-state index contributed by atoms with van der Waals surface area (Å²) in [4.78, 5) is 25.0. The summed E-state index contributed by atoms with van der Waals surface area (Å²) < 4.78 is 10.8. The normalized spacial score (nSPS) is 17.4. The van der Waals surface area contributed by atoms with Crippen LogP contribution >= 0.6 is 0 Å². The van der Waals surface area contributed by atoms with Crippen molar-refractivity contribution in [3.05, 3.63) is 84.4 Å². The number of esters is 1. The second-order valence-corrected chi connectivity index (χ2v) is 7.48. The average molecular weight is 431 g/mol. The van der Waals surface area contributed by atoms with Gasteiger partial charge in [-0.1, -0.05) is 42.5 Å². The molecule has 7 heteroatoms. The fraction of sp³-hybridized carbons (Fsp3) is 0.200. The van der Waals surface area contributed by atoms with Crippen molar-refractivity contribution in [3.8, 4) is 16.9 Å². The molecule has 2 atom stereocenters. The van der Waals surface area contributed by atoms with Crippen molar-refractivity contribution in [2.75, 3.05) is 25.5 Å². The summed E-state index contributed by atoms with van der Waals surface area (Å²) >= 11 is 0. The number of urea groups is 1. The molecule has 4 rings (SSSR count). The second kappa shape index (κ2) is 9.98. The van der Waals surface area contributed by atoms with E-state index in [1.807, 2.05) is 42.5 Å². The lowest BCUT2D eigenvalue weighted by molar-refractivity contribution is 0.0296. The summed E-state index contributed by atoms with van der Waals surface area (Å²) in [7, 11) is 1.58. The van der Waals surface area contributed by atoms with Gasteiger partial charge in [-0.3, -0.25) is 0 Å². The van der Waals surface area contributed by atoms with Crippen LogP contribution in [0.1, 0.15) is 10.4 Å². The Morgan fingerprint density at radius 1 is 0.875 bits per heavy atom. The van der Waals surface area contributed by atoms with E-state index in [0.717, 1.165) is 11.1 Å². The molecule has 3 aromatic carbocycles. The van der Waals surface area contributed by atoms with Crippen molar-refractivity contribution < 1.29 is 19.1 Å². The minimum Gasteiger partial charge on any atom is -0.497 e. The largest absolute Gasteiger partial charge is 0.497 e. The van der Waals surface area contributed by atoms with Gasteiger partial charge in [-0.25, -0.2) is 9.59 Å². The first-order chi connectivity index (χ1) is 15.6. The van der Waals surface area contributed by atoms with Crippen LogP contribution in [-0.2, 0) is 4.74 Å². The van der Waals surface area contributed by atoms with Crippen LogP contribution in [0.25, 0.3) is 11.1 Å². The SMILES string of the molecule is COc1ccc(NC(=O)NC2CNC[C@@H]2OC(=O)c2ccc(-c3ccccc3)cc2)cc1. The number of benzene rings is 3. The number of ether oxygens (including phenoxy) is 2. The first kappa shape index (κ1) is 21.4. The summed E-state index contributed by atoms with van der Waals surface area (Å²) in [5.41, 5.74) is 3.22. The third-order valence-electron chi connectivity index (χ3n) is 5.31. The van der Waals surface area contributed by atoms with E-state index in [9.17, 15) is 9.59 Å². The summed E-state index contributed by atoms with van der Waals surface area (Å²) in [6.45, 7) is 0.988. The molecular weight excluding hydrogens is 406 g/mol. The van der Waals surface area contributed by atoms with Crippen LogP contribution in [0.15, 0.2) is 78.9 Å².